The molecule has 5 nitrogen and oxygen atoms in total. The molecular weight excluding hydrogens is 194 g/mol. The fourth-order valence-electron chi connectivity index (χ4n) is 1.55. The molecule has 1 amide bonds. The van der Waals surface area contributed by atoms with Crippen molar-refractivity contribution >= 4 is 11.7 Å². The van der Waals surface area contributed by atoms with Crippen LogP contribution in [0.1, 0.15) is 12.1 Å². The number of nitrogens with zero attached hydrogens (tertiary/aromatic N) is 3. The smallest absolute Gasteiger partial charge is 0.230 e. The molecule has 2 rings (SSSR count). The molecule has 2 heterocycles. The van der Waals surface area contributed by atoms with Crippen molar-refractivity contribution in [3.8, 4) is 6.07 Å². The summed E-state index contributed by atoms with van der Waals surface area (Å²) < 4.78 is 0. The first-order valence-electron chi connectivity index (χ1n) is 4.56. The van der Waals surface area contributed by atoms with Gasteiger partial charge in [-0.15, -0.1) is 0 Å². The third-order valence-corrected chi connectivity index (χ3v) is 2.23. The summed E-state index contributed by atoms with van der Waals surface area (Å²) in [6.07, 6.45) is -0.511. The minimum Gasteiger partial charge on any atom is -0.391 e. The van der Waals surface area contributed by atoms with Gasteiger partial charge in [-0.1, -0.05) is 6.07 Å². The molecule has 0 spiro atoms. The number of aliphatic hydroxyl groups is 1. The molecule has 1 saturated heterocycles. The first kappa shape index (κ1) is 9.62. The number of hydrogen-bond donors (Lipinski definition) is 1. The van der Waals surface area contributed by atoms with Gasteiger partial charge in [0, 0.05) is 0 Å². The zero-order valence-electron chi connectivity index (χ0n) is 7.92. The van der Waals surface area contributed by atoms with Gasteiger partial charge in [0.15, 0.2) is 0 Å². The van der Waals surface area contributed by atoms with Crippen LogP contribution in [0, 0.1) is 11.3 Å². The fraction of sp³-hybridized carbons (Fsp3) is 0.300. The van der Waals surface area contributed by atoms with Gasteiger partial charge in [0.1, 0.15) is 17.6 Å². The highest BCUT2D eigenvalue weighted by Gasteiger charge is 2.29. The van der Waals surface area contributed by atoms with Crippen molar-refractivity contribution < 1.29 is 9.90 Å². The molecule has 0 aromatic carbocycles. The van der Waals surface area contributed by atoms with Crippen LogP contribution >= 0.6 is 0 Å². The monoisotopic (exact) mass is 203 g/mol. The molecule has 0 aliphatic carbocycles. The van der Waals surface area contributed by atoms with Crippen LogP contribution in [-0.2, 0) is 4.79 Å². The van der Waals surface area contributed by atoms with Crippen LogP contribution in [0.5, 0.6) is 0 Å². The number of aliphatic hydroxyl groups excluding tert-OH is 1. The Balaban J connectivity index is 2.30. The Labute approximate surface area is 86.6 Å². The van der Waals surface area contributed by atoms with Gasteiger partial charge in [0.2, 0.25) is 5.91 Å². The molecule has 1 unspecified atom stereocenters. The van der Waals surface area contributed by atoms with Crippen molar-refractivity contribution in [3.05, 3.63) is 23.9 Å². The van der Waals surface area contributed by atoms with E-state index >= 15 is 0 Å². The lowest BCUT2D eigenvalue weighted by Gasteiger charge is -2.14. The fourth-order valence-corrected chi connectivity index (χ4v) is 1.55. The highest BCUT2D eigenvalue weighted by atomic mass is 16.3. The van der Waals surface area contributed by atoms with Gasteiger partial charge < -0.3 is 5.11 Å². The Bertz CT molecular complexity index is 439. The van der Waals surface area contributed by atoms with Gasteiger partial charge in [0.05, 0.1) is 19.1 Å². The maximum absolute atomic E-state index is 11.4. The van der Waals surface area contributed by atoms with E-state index in [4.69, 9.17) is 5.26 Å². The van der Waals surface area contributed by atoms with E-state index in [2.05, 4.69) is 4.98 Å². The molecule has 1 fully saturated rings. The standard InChI is InChI=1S/C10H9N3O2/c11-5-7-2-1-3-9(12-7)13-6-8(14)4-10(13)15/h1-3,8,14H,4,6H2. The molecule has 1 N–H and O–H groups in total. The SMILES string of the molecule is N#Cc1cccc(N2CC(O)CC2=O)n1. The number of carbonyl (C=O) groups excluding carboxylic acids is 1. The van der Waals surface area contributed by atoms with E-state index < -0.39 is 6.10 Å². The molecule has 1 atom stereocenters. The van der Waals surface area contributed by atoms with Gasteiger partial charge in [-0.05, 0) is 12.1 Å². The summed E-state index contributed by atoms with van der Waals surface area (Å²) in [6.45, 7) is 0.251. The van der Waals surface area contributed by atoms with Crippen molar-refractivity contribution in [1.82, 2.24) is 4.98 Å². The largest absolute Gasteiger partial charge is 0.391 e. The first-order valence-corrected chi connectivity index (χ1v) is 4.56. The molecule has 76 valence electrons. The Kier molecular flexibility index (Phi) is 2.35. The lowest BCUT2D eigenvalue weighted by atomic mass is 10.3. The number of carbonyl (C=O) groups is 1. The molecule has 1 aliphatic heterocycles. The van der Waals surface area contributed by atoms with Crippen molar-refractivity contribution in [2.45, 2.75) is 12.5 Å². The summed E-state index contributed by atoms with van der Waals surface area (Å²) in [4.78, 5) is 16.8. The molecule has 1 aromatic heterocycles. The molecular formula is C10H9N3O2. The van der Waals surface area contributed by atoms with Crippen LogP contribution in [0.25, 0.3) is 0 Å². The Morgan fingerprint density at radius 1 is 1.60 bits per heavy atom. The lowest BCUT2D eigenvalue weighted by Crippen LogP contribution is -2.26. The van der Waals surface area contributed by atoms with E-state index in [0.29, 0.717) is 5.82 Å². The number of pyridine rings is 1. The van der Waals surface area contributed by atoms with Crippen LogP contribution < -0.4 is 4.90 Å². The molecule has 15 heavy (non-hydrogen) atoms. The zero-order chi connectivity index (χ0) is 10.8. The number of β-amino-alcohol motifs (C(OH)–C–C–N with tert-alkyl or cyclic N) is 1. The normalized spacial score (nSPS) is 20.4. The molecule has 5 heteroatoms. The van der Waals surface area contributed by atoms with Gasteiger partial charge in [-0.3, -0.25) is 9.69 Å². The van der Waals surface area contributed by atoms with Crippen LogP contribution in [0.3, 0.4) is 0 Å². The van der Waals surface area contributed by atoms with Crippen LogP contribution in [0.15, 0.2) is 18.2 Å². The van der Waals surface area contributed by atoms with E-state index in [-0.39, 0.29) is 24.6 Å². The second-order valence-electron chi connectivity index (χ2n) is 3.36. The number of hydrogen-bond acceptors (Lipinski definition) is 4. The van der Waals surface area contributed by atoms with Gasteiger partial charge in [-0.2, -0.15) is 5.26 Å². The predicted molar refractivity (Wildman–Crippen MR) is 51.9 cm³/mol. The highest BCUT2D eigenvalue weighted by Crippen LogP contribution is 2.19. The summed E-state index contributed by atoms with van der Waals surface area (Å²) in [6, 6.07) is 6.79. The second kappa shape index (κ2) is 3.67. The highest BCUT2D eigenvalue weighted by molar-refractivity contribution is 5.95. The van der Waals surface area contributed by atoms with E-state index in [1.54, 1.807) is 18.2 Å². The summed E-state index contributed by atoms with van der Waals surface area (Å²) in [5.74, 6) is 0.265. The summed E-state index contributed by atoms with van der Waals surface area (Å²) in [5.41, 5.74) is 0.265. The summed E-state index contributed by atoms with van der Waals surface area (Å²) in [5, 5.41) is 18.0. The third kappa shape index (κ3) is 1.80. The average molecular weight is 203 g/mol. The number of anilines is 1. The van der Waals surface area contributed by atoms with Gasteiger partial charge in [0.25, 0.3) is 0 Å². The number of nitriles is 1. The van der Waals surface area contributed by atoms with Crippen LogP contribution in [0.2, 0.25) is 0 Å². The molecule has 1 aliphatic rings. The summed E-state index contributed by atoms with van der Waals surface area (Å²) in [7, 11) is 0. The zero-order valence-corrected chi connectivity index (χ0v) is 7.92. The van der Waals surface area contributed by atoms with E-state index in [9.17, 15) is 9.90 Å². The van der Waals surface area contributed by atoms with E-state index in [1.807, 2.05) is 6.07 Å². The lowest BCUT2D eigenvalue weighted by molar-refractivity contribution is -0.117. The van der Waals surface area contributed by atoms with E-state index in [1.165, 1.54) is 4.90 Å². The third-order valence-electron chi connectivity index (χ3n) is 2.23. The van der Waals surface area contributed by atoms with Crippen molar-refractivity contribution in [3.63, 3.8) is 0 Å². The number of aromatic nitrogens is 1. The Morgan fingerprint density at radius 2 is 2.40 bits per heavy atom. The predicted octanol–water partition coefficient (Wildman–Crippen LogP) is 0.0509. The number of amides is 1. The maximum atomic E-state index is 11.4. The minimum absolute atomic E-state index is 0.123. The van der Waals surface area contributed by atoms with Crippen LogP contribution in [-0.4, -0.2) is 28.6 Å². The minimum atomic E-state index is -0.634. The topological polar surface area (TPSA) is 77.2 Å². The Hall–Kier alpha value is -1.93. The van der Waals surface area contributed by atoms with Crippen molar-refractivity contribution in [2.75, 3.05) is 11.4 Å². The van der Waals surface area contributed by atoms with E-state index in [0.717, 1.165) is 0 Å². The van der Waals surface area contributed by atoms with Crippen LogP contribution in [0.4, 0.5) is 5.82 Å². The van der Waals surface area contributed by atoms with Gasteiger partial charge in [-0.25, -0.2) is 4.98 Å². The van der Waals surface area contributed by atoms with Crippen molar-refractivity contribution in [1.29, 1.82) is 5.26 Å². The second-order valence-corrected chi connectivity index (χ2v) is 3.36. The maximum Gasteiger partial charge on any atom is 0.230 e. The summed E-state index contributed by atoms with van der Waals surface area (Å²) >= 11 is 0. The molecule has 0 radical (unpaired) electrons. The average Bonchev–Trinajstić information content (AvgIpc) is 2.58. The Morgan fingerprint density at radius 3 is 3.00 bits per heavy atom. The number of rotatable bonds is 1. The van der Waals surface area contributed by atoms with Gasteiger partial charge >= 0.3 is 0 Å². The van der Waals surface area contributed by atoms with Crippen molar-refractivity contribution in [2.24, 2.45) is 0 Å². The molecule has 0 bridgehead atoms. The first-order chi connectivity index (χ1) is 7.20. The molecule has 0 saturated carbocycles. The molecule has 1 aromatic rings. The quantitative estimate of drug-likeness (QED) is 0.699.